The predicted octanol–water partition coefficient (Wildman–Crippen LogP) is 3.46. The van der Waals surface area contributed by atoms with Crippen molar-refractivity contribution >= 4 is 0 Å². The van der Waals surface area contributed by atoms with Gasteiger partial charge in [0.1, 0.15) is 0 Å². The van der Waals surface area contributed by atoms with E-state index in [1.807, 2.05) is 0 Å². The zero-order valence-electron chi connectivity index (χ0n) is 12.2. The highest BCUT2D eigenvalue weighted by atomic mass is 16.5. The molecule has 1 aliphatic rings. The molecule has 1 saturated carbocycles. The Labute approximate surface area is 108 Å². The van der Waals surface area contributed by atoms with E-state index in [2.05, 4.69) is 33.0 Å². The van der Waals surface area contributed by atoms with Gasteiger partial charge in [-0.1, -0.05) is 34.1 Å². The summed E-state index contributed by atoms with van der Waals surface area (Å²) >= 11 is 0. The standard InChI is InChI=1S/C15H31NO/c1-12(2)11-17-9-5-8-16-15-10-13(3)6-7-14(15)4/h12-16H,5-11H2,1-4H3. The Balaban J connectivity index is 2.01. The summed E-state index contributed by atoms with van der Waals surface area (Å²) in [6.45, 7) is 12.1. The minimum Gasteiger partial charge on any atom is -0.381 e. The maximum Gasteiger partial charge on any atom is 0.0489 e. The van der Waals surface area contributed by atoms with Gasteiger partial charge in [-0.2, -0.15) is 0 Å². The van der Waals surface area contributed by atoms with Crippen molar-refractivity contribution in [3.63, 3.8) is 0 Å². The SMILES string of the molecule is CC(C)COCCCNC1CC(C)CCC1C. The van der Waals surface area contributed by atoms with Gasteiger partial charge >= 0.3 is 0 Å². The second-order valence-corrected chi connectivity index (χ2v) is 6.28. The quantitative estimate of drug-likeness (QED) is 0.689. The van der Waals surface area contributed by atoms with Crippen LogP contribution in [0.4, 0.5) is 0 Å². The molecule has 0 aromatic carbocycles. The van der Waals surface area contributed by atoms with Crippen molar-refractivity contribution in [1.82, 2.24) is 5.32 Å². The van der Waals surface area contributed by atoms with Crippen molar-refractivity contribution in [2.24, 2.45) is 17.8 Å². The lowest BCUT2D eigenvalue weighted by Crippen LogP contribution is -2.40. The van der Waals surface area contributed by atoms with Gasteiger partial charge in [0.15, 0.2) is 0 Å². The van der Waals surface area contributed by atoms with Crippen LogP contribution in [0.25, 0.3) is 0 Å². The first-order valence-electron chi connectivity index (χ1n) is 7.40. The monoisotopic (exact) mass is 241 g/mol. The molecule has 0 saturated heterocycles. The molecule has 0 bridgehead atoms. The average Bonchev–Trinajstić information content (AvgIpc) is 2.27. The van der Waals surface area contributed by atoms with Gasteiger partial charge in [0.2, 0.25) is 0 Å². The Morgan fingerprint density at radius 1 is 1.24 bits per heavy atom. The summed E-state index contributed by atoms with van der Waals surface area (Å²) in [6, 6.07) is 0.740. The Bertz CT molecular complexity index is 193. The van der Waals surface area contributed by atoms with Gasteiger partial charge in [0, 0.05) is 19.3 Å². The first-order chi connectivity index (χ1) is 8.09. The van der Waals surface area contributed by atoms with E-state index in [1.54, 1.807) is 0 Å². The molecule has 0 spiro atoms. The minimum atomic E-state index is 0.655. The van der Waals surface area contributed by atoms with Crippen LogP contribution in [0.3, 0.4) is 0 Å². The number of hydrogen-bond acceptors (Lipinski definition) is 2. The molecule has 1 rings (SSSR count). The summed E-state index contributed by atoms with van der Waals surface area (Å²) in [7, 11) is 0. The van der Waals surface area contributed by atoms with Crippen LogP contribution >= 0.6 is 0 Å². The number of ether oxygens (including phenoxy) is 1. The van der Waals surface area contributed by atoms with Crippen LogP contribution in [0, 0.1) is 17.8 Å². The molecule has 0 aromatic heterocycles. The van der Waals surface area contributed by atoms with Crippen LogP contribution in [-0.4, -0.2) is 25.8 Å². The second kappa shape index (κ2) is 8.10. The summed E-state index contributed by atoms with van der Waals surface area (Å²) in [5.41, 5.74) is 0. The van der Waals surface area contributed by atoms with E-state index < -0.39 is 0 Å². The van der Waals surface area contributed by atoms with E-state index in [9.17, 15) is 0 Å². The lowest BCUT2D eigenvalue weighted by Gasteiger charge is -2.33. The van der Waals surface area contributed by atoms with Crippen LogP contribution < -0.4 is 5.32 Å². The fourth-order valence-corrected chi connectivity index (χ4v) is 2.60. The molecule has 2 nitrogen and oxygen atoms in total. The van der Waals surface area contributed by atoms with E-state index in [4.69, 9.17) is 4.74 Å². The lowest BCUT2D eigenvalue weighted by molar-refractivity contribution is 0.106. The van der Waals surface area contributed by atoms with Gasteiger partial charge < -0.3 is 10.1 Å². The summed E-state index contributed by atoms with van der Waals surface area (Å²) < 4.78 is 5.59. The Kier molecular flexibility index (Phi) is 7.14. The number of rotatable bonds is 7. The molecule has 2 heteroatoms. The van der Waals surface area contributed by atoms with Crippen LogP contribution in [0.15, 0.2) is 0 Å². The molecule has 3 atom stereocenters. The largest absolute Gasteiger partial charge is 0.381 e. The van der Waals surface area contributed by atoms with Crippen LogP contribution in [-0.2, 0) is 4.74 Å². The number of hydrogen-bond donors (Lipinski definition) is 1. The molecular weight excluding hydrogens is 210 g/mol. The van der Waals surface area contributed by atoms with E-state index in [0.717, 1.165) is 44.1 Å². The first kappa shape index (κ1) is 15.0. The van der Waals surface area contributed by atoms with Gasteiger partial charge in [-0.3, -0.25) is 0 Å². The summed E-state index contributed by atoms with van der Waals surface area (Å²) in [5.74, 6) is 2.41. The Morgan fingerprint density at radius 2 is 2.00 bits per heavy atom. The molecular formula is C15H31NO. The third-order valence-corrected chi connectivity index (χ3v) is 3.78. The molecule has 3 unspecified atom stereocenters. The zero-order valence-corrected chi connectivity index (χ0v) is 12.2. The maximum absolute atomic E-state index is 5.59. The van der Waals surface area contributed by atoms with Crippen molar-refractivity contribution in [1.29, 1.82) is 0 Å². The highest BCUT2D eigenvalue weighted by molar-refractivity contribution is 4.81. The molecule has 102 valence electrons. The van der Waals surface area contributed by atoms with Crippen molar-refractivity contribution in [3.05, 3.63) is 0 Å². The predicted molar refractivity (Wildman–Crippen MR) is 74.2 cm³/mol. The van der Waals surface area contributed by atoms with Crippen molar-refractivity contribution in [2.45, 2.75) is 59.4 Å². The molecule has 1 aliphatic carbocycles. The second-order valence-electron chi connectivity index (χ2n) is 6.28. The van der Waals surface area contributed by atoms with E-state index in [1.165, 1.54) is 19.3 Å². The fraction of sp³-hybridized carbons (Fsp3) is 1.00. The zero-order chi connectivity index (χ0) is 12.7. The van der Waals surface area contributed by atoms with Gasteiger partial charge in [0.25, 0.3) is 0 Å². The van der Waals surface area contributed by atoms with Gasteiger partial charge in [0.05, 0.1) is 0 Å². The lowest BCUT2D eigenvalue weighted by atomic mass is 9.80. The van der Waals surface area contributed by atoms with Crippen molar-refractivity contribution in [2.75, 3.05) is 19.8 Å². The van der Waals surface area contributed by atoms with E-state index in [0.29, 0.717) is 5.92 Å². The third kappa shape index (κ3) is 6.42. The highest BCUT2D eigenvalue weighted by Gasteiger charge is 2.24. The van der Waals surface area contributed by atoms with Crippen molar-refractivity contribution < 1.29 is 4.74 Å². The minimum absolute atomic E-state index is 0.655. The Hall–Kier alpha value is -0.0800. The summed E-state index contributed by atoms with van der Waals surface area (Å²) in [6.07, 6.45) is 5.30. The normalized spacial score (nSPS) is 29.8. The average molecular weight is 241 g/mol. The van der Waals surface area contributed by atoms with E-state index >= 15 is 0 Å². The topological polar surface area (TPSA) is 21.3 Å². The number of nitrogens with one attached hydrogen (secondary N) is 1. The first-order valence-corrected chi connectivity index (χ1v) is 7.40. The van der Waals surface area contributed by atoms with E-state index in [-0.39, 0.29) is 0 Å². The smallest absolute Gasteiger partial charge is 0.0489 e. The summed E-state index contributed by atoms with van der Waals surface area (Å²) in [4.78, 5) is 0. The van der Waals surface area contributed by atoms with Gasteiger partial charge in [-0.25, -0.2) is 0 Å². The molecule has 0 aromatic rings. The fourth-order valence-electron chi connectivity index (χ4n) is 2.60. The summed E-state index contributed by atoms with van der Waals surface area (Å²) in [5, 5.41) is 3.71. The van der Waals surface area contributed by atoms with Gasteiger partial charge in [-0.15, -0.1) is 0 Å². The van der Waals surface area contributed by atoms with Gasteiger partial charge in [-0.05, 0) is 43.6 Å². The molecule has 1 fully saturated rings. The maximum atomic E-state index is 5.59. The Morgan fingerprint density at radius 3 is 2.71 bits per heavy atom. The molecule has 0 aliphatic heterocycles. The molecule has 17 heavy (non-hydrogen) atoms. The molecule has 0 radical (unpaired) electrons. The molecule has 1 N–H and O–H groups in total. The molecule has 0 heterocycles. The van der Waals surface area contributed by atoms with Crippen LogP contribution in [0.2, 0.25) is 0 Å². The van der Waals surface area contributed by atoms with Crippen LogP contribution in [0.1, 0.15) is 53.4 Å². The molecule has 0 amide bonds. The van der Waals surface area contributed by atoms with Crippen molar-refractivity contribution in [3.8, 4) is 0 Å². The third-order valence-electron chi connectivity index (χ3n) is 3.78. The highest BCUT2D eigenvalue weighted by Crippen LogP contribution is 2.28. The van der Waals surface area contributed by atoms with Crippen LogP contribution in [0.5, 0.6) is 0 Å².